The van der Waals surface area contributed by atoms with Gasteiger partial charge in [-0.05, 0) is 61.4 Å². The van der Waals surface area contributed by atoms with E-state index in [1.165, 1.54) is 24.0 Å². The van der Waals surface area contributed by atoms with E-state index < -0.39 is 24.4 Å². The van der Waals surface area contributed by atoms with Crippen LogP contribution in [0, 0.1) is 0 Å². The summed E-state index contributed by atoms with van der Waals surface area (Å²) in [6.07, 6.45) is 4.61. The van der Waals surface area contributed by atoms with Crippen molar-refractivity contribution in [3.05, 3.63) is 65.2 Å². The fraction of sp³-hybridized carbons (Fsp3) is 0.375. The first kappa shape index (κ1) is 22.3. The maximum absolute atomic E-state index is 12.1. The van der Waals surface area contributed by atoms with E-state index in [4.69, 9.17) is 9.47 Å². The van der Waals surface area contributed by atoms with E-state index in [1.807, 2.05) is 19.1 Å². The van der Waals surface area contributed by atoms with Crippen molar-refractivity contribution >= 4 is 17.8 Å². The second-order valence-corrected chi connectivity index (χ2v) is 7.56. The Hall–Kier alpha value is -3.35. The van der Waals surface area contributed by atoms with Crippen LogP contribution in [0.1, 0.15) is 42.5 Å². The van der Waals surface area contributed by atoms with Gasteiger partial charge in [0.25, 0.3) is 11.8 Å². The summed E-state index contributed by atoms with van der Waals surface area (Å²) in [5.74, 6) is -0.974. The van der Waals surface area contributed by atoms with Gasteiger partial charge in [-0.3, -0.25) is 14.4 Å². The van der Waals surface area contributed by atoms with Crippen LogP contribution in [0.3, 0.4) is 0 Å². The second-order valence-electron chi connectivity index (χ2n) is 7.56. The number of carbonyl (C=O) groups is 3. The quantitative estimate of drug-likeness (QED) is 0.603. The number of ether oxygens (including phenoxy) is 2. The van der Waals surface area contributed by atoms with E-state index in [-0.39, 0.29) is 19.2 Å². The molecule has 2 aromatic rings. The number of hydrogen-bond acceptors (Lipinski definition) is 5. The molecule has 0 unspecified atom stereocenters. The zero-order chi connectivity index (χ0) is 22.1. The van der Waals surface area contributed by atoms with Gasteiger partial charge < -0.3 is 20.1 Å². The third-order valence-corrected chi connectivity index (χ3v) is 5.16. The van der Waals surface area contributed by atoms with Crippen LogP contribution in [0.2, 0.25) is 0 Å². The maximum Gasteiger partial charge on any atom is 0.325 e. The first-order chi connectivity index (χ1) is 15.0. The van der Waals surface area contributed by atoms with E-state index in [2.05, 4.69) is 22.8 Å². The van der Waals surface area contributed by atoms with Gasteiger partial charge in [-0.1, -0.05) is 36.4 Å². The van der Waals surface area contributed by atoms with E-state index >= 15 is 0 Å². The molecule has 0 heterocycles. The maximum atomic E-state index is 12.1. The van der Waals surface area contributed by atoms with E-state index in [9.17, 15) is 14.4 Å². The van der Waals surface area contributed by atoms with E-state index in [0.717, 1.165) is 18.4 Å². The van der Waals surface area contributed by atoms with Crippen LogP contribution < -0.4 is 15.4 Å². The average Bonchev–Trinajstić information content (AvgIpc) is 2.80. The molecule has 0 radical (unpaired) electrons. The van der Waals surface area contributed by atoms with Crippen molar-refractivity contribution in [2.75, 3.05) is 19.8 Å². The highest BCUT2D eigenvalue weighted by Crippen LogP contribution is 2.24. The van der Waals surface area contributed by atoms with Crippen LogP contribution in [0.25, 0.3) is 0 Å². The minimum absolute atomic E-state index is 0.187. The Kier molecular flexibility index (Phi) is 8.04. The Morgan fingerprint density at radius 1 is 0.935 bits per heavy atom. The molecule has 2 N–H and O–H groups in total. The van der Waals surface area contributed by atoms with Crippen molar-refractivity contribution < 1.29 is 23.9 Å². The fourth-order valence-corrected chi connectivity index (χ4v) is 3.47. The molecule has 1 aliphatic rings. The third-order valence-electron chi connectivity index (χ3n) is 5.16. The summed E-state index contributed by atoms with van der Waals surface area (Å²) in [5.41, 5.74) is 3.77. The first-order valence-electron chi connectivity index (χ1n) is 10.5. The Morgan fingerprint density at radius 3 is 2.45 bits per heavy atom. The minimum Gasteiger partial charge on any atom is -0.484 e. The molecule has 0 bridgehead atoms. The van der Waals surface area contributed by atoms with Crippen molar-refractivity contribution in [3.63, 3.8) is 0 Å². The lowest BCUT2D eigenvalue weighted by atomic mass is 9.89. The number of amides is 2. The average molecular weight is 424 g/mol. The normalized spacial score (nSPS) is 13.5. The highest BCUT2D eigenvalue weighted by atomic mass is 16.5. The van der Waals surface area contributed by atoms with Gasteiger partial charge in [0.1, 0.15) is 12.3 Å². The molecule has 7 heteroatoms. The number of hydrogen-bond donors (Lipinski definition) is 2. The van der Waals surface area contributed by atoms with Gasteiger partial charge in [0.05, 0.1) is 6.04 Å². The summed E-state index contributed by atoms with van der Waals surface area (Å²) in [6.45, 7) is 0.961. The van der Waals surface area contributed by atoms with Gasteiger partial charge in [0, 0.05) is 0 Å². The molecule has 0 saturated heterocycles. The van der Waals surface area contributed by atoms with Crippen LogP contribution in [-0.2, 0) is 32.0 Å². The third kappa shape index (κ3) is 7.13. The molecule has 7 nitrogen and oxygen atoms in total. The van der Waals surface area contributed by atoms with Crippen molar-refractivity contribution in [1.29, 1.82) is 0 Å². The lowest BCUT2D eigenvalue weighted by Gasteiger charge is -2.20. The monoisotopic (exact) mass is 424 g/mol. The highest BCUT2D eigenvalue weighted by Gasteiger charge is 2.15. The van der Waals surface area contributed by atoms with Gasteiger partial charge in [-0.15, -0.1) is 0 Å². The van der Waals surface area contributed by atoms with Crippen LogP contribution in [-0.4, -0.2) is 37.5 Å². The van der Waals surface area contributed by atoms with Crippen molar-refractivity contribution in [2.45, 2.75) is 38.6 Å². The van der Waals surface area contributed by atoms with Crippen molar-refractivity contribution in [1.82, 2.24) is 10.6 Å². The number of fused-ring (bicyclic) bond motifs is 1. The summed E-state index contributed by atoms with van der Waals surface area (Å²) >= 11 is 0. The lowest BCUT2D eigenvalue weighted by Crippen LogP contribution is -2.36. The highest BCUT2D eigenvalue weighted by molar-refractivity contribution is 5.84. The zero-order valence-electron chi connectivity index (χ0n) is 17.7. The van der Waals surface area contributed by atoms with E-state index in [1.54, 1.807) is 24.3 Å². The minimum atomic E-state index is -0.690. The van der Waals surface area contributed by atoms with Gasteiger partial charge >= 0.3 is 5.97 Å². The van der Waals surface area contributed by atoms with Crippen LogP contribution in [0.5, 0.6) is 5.75 Å². The molecule has 0 fully saturated rings. The molecule has 2 amide bonds. The number of aryl methyl sites for hydroxylation is 2. The van der Waals surface area contributed by atoms with Crippen LogP contribution in [0.15, 0.2) is 48.5 Å². The number of nitrogens with one attached hydrogen (secondary N) is 2. The molecule has 0 saturated carbocycles. The lowest BCUT2D eigenvalue weighted by molar-refractivity contribution is -0.148. The van der Waals surface area contributed by atoms with Crippen LogP contribution in [0.4, 0.5) is 0 Å². The molecular weight excluding hydrogens is 396 g/mol. The van der Waals surface area contributed by atoms with Gasteiger partial charge in [0.2, 0.25) is 0 Å². The van der Waals surface area contributed by atoms with Crippen molar-refractivity contribution in [3.8, 4) is 5.75 Å². The molecule has 3 rings (SSSR count). The predicted molar refractivity (Wildman–Crippen MR) is 116 cm³/mol. The molecular formula is C24H28N2O5. The van der Waals surface area contributed by atoms with Crippen molar-refractivity contribution in [2.24, 2.45) is 0 Å². The Balaban J connectivity index is 1.34. The molecule has 1 atom stereocenters. The first-order valence-corrected chi connectivity index (χ1v) is 10.5. The number of benzene rings is 2. The molecule has 164 valence electrons. The fourth-order valence-electron chi connectivity index (χ4n) is 3.47. The van der Waals surface area contributed by atoms with Gasteiger partial charge in [-0.2, -0.15) is 0 Å². The number of esters is 1. The summed E-state index contributed by atoms with van der Waals surface area (Å²) in [6, 6.07) is 15.0. The number of rotatable bonds is 9. The van der Waals surface area contributed by atoms with E-state index in [0.29, 0.717) is 5.75 Å². The standard InChI is InChI=1S/C24H28N2O5/c1-17(19-12-11-18-7-5-6-8-20(18)13-19)26-23(28)16-31-24(29)14-25-22(27)15-30-21-9-3-2-4-10-21/h2-4,9-13,17H,5-8,14-16H2,1H3,(H,25,27)(H,26,28)/t17-/m0/s1. The van der Waals surface area contributed by atoms with Gasteiger partial charge in [-0.25, -0.2) is 0 Å². The summed E-state index contributed by atoms with van der Waals surface area (Å²) in [7, 11) is 0. The molecule has 31 heavy (non-hydrogen) atoms. The Morgan fingerprint density at radius 2 is 1.68 bits per heavy atom. The Bertz CT molecular complexity index is 913. The molecule has 2 aromatic carbocycles. The molecule has 0 aliphatic heterocycles. The summed E-state index contributed by atoms with van der Waals surface area (Å²) in [5, 5.41) is 5.24. The largest absolute Gasteiger partial charge is 0.484 e. The Labute approximate surface area is 182 Å². The number of carbonyl (C=O) groups excluding carboxylic acids is 3. The SMILES string of the molecule is C[C@H](NC(=O)COC(=O)CNC(=O)COc1ccccc1)c1ccc2c(c1)CCCC2. The molecule has 1 aliphatic carbocycles. The summed E-state index contributed by atoms with van der Waals surface area (Å²) < 4.78 is 10.2. The summed E-state index contributed by atoms with van der Waals surface area (Å²) in [4.78, 5) is 35.6. The molecule has 0 aromatic heterocycles. The smallest absolute Gasteiger partial charge is 0.325 e. The second kappa shape index (κ2) is 11.2. The predicted octanol–water partition coefficient (Wildman–Crippen LogP) is 2.48. The topological polar surface area (TPSA) is 93.7 Å². The zero-order valence-corrected chi connectivity index (χ0v) is 17.7. The van der Waals surface area contributed by atoms with Crippen LogP contribution >= 0.6 is 0 Å². The number of para-hydroxylation sites is 1. The van der Waals surface area contributed by atoms with Gasteiger partial charge in [0.15, 0.2) is 13.2 Å². The molecule has 0 spiro atoms.